The van der Waals surface area contributed by atoms with Crippen molar-refractivity contribution in [2.45, 2.75) is 52.9 Å². The molecule has 0 amide bonds. The van der Waals surface area contributed by atoms with Gasteiger partial charge in [-0.3, -0.25) is 0 Å². The maximum Gasteiger partial charge on any atom is 0.134 e. The standard InChI is InChI=1S/C15H26N4/c1-5-12-18-13(16-4)11(2)14(19-12)17-10-15(3)8-6-7-9-15/h5-10H2,1-4H3,(H2,16,17,18,19). The number of rotatable bonds is 5. The van der Waals surface area contributed by atoms with E-state index >= 15 is 0 Å². The number of hydrogen-bond acceptors (Lipinski definition) is 4. The van der Waals surface area contributed by atoms with Gasteiger partial charge in [-0.25, -0.2) is 9.97 Å². The van der Waals surface area contributed by atoms with Gasteiger partial charge in [0.2, 0.25) is 0 Å². The number of anilines is 2. The minimum atomic E-state index is 0.434. The van der Waals surface area contributed by atoms with Crippen LogP contribution in [0.15, 0.2) is 0 Å². The topological polar surface area (TPSA) is 49.8 Å². The summed E-state index contributed by atoms with van der Waals surface area (Å²) in [5, 5.41) is 6.71. The first-order chi connectivity index (χ1) is 9.08. The maximum absolute atomic E-state index is 4.63. The molecule has 4 nitrogen and oxygen atoms in total. The lowest BCUT2D eigenvalue weighted by Crippen LogP contribution is -2.24. The lowest BCUT2D eigenvalue weighted by atomic mass is 9.89. The summed E-state index contributed by atoms with van der Waals surface area (Å²) in [5.74, 6) is 2.82. The van der Waals surface area contributed by atoms with Crippen molar-refractivity contribution in [3.63, 3.8) is 0 Å². The van der Waals surface area contributed by atoms with Crippen LogP contribution in [0.2, 0.25) is 0 Å². The molecule has 1 fully saturated rings. The highest BCUT2D eigenvalue weighted by atomic mass is 15.1. The van der Waals surface area contributed by atoms with Crippen molar-refractivity contribution >= 4 is 11.6 Å². The smallest absolute Gasteiger partial charge is 0.134 e. The molecule has 2 rings (SSSR count). The van der Waals surface area contributed by atoms with E-state index in [4.69, 9.17) is 0 Å². The first kappa shape index (κ1) is 14.1. The molecule has 2 N–H and O–H groups in total. The molecule has 1 saturated carbocycles. The van der Waals surface area contributed by atoms with Gasteiger partial charge in [-0.15, -0.1) is 0 Å². The number of aryl methyl sites for hydroxylation is 1. The molecule has 1 aromatic heterocycles. The van der Waals surface area contributed by atoms with E-state index in [1.165, 1.54) is 25.7 Å². The van der Waals surface area contributed by atoms with Crippen LogP contribution in [0, 0.1) is 12.3 Å². The molecule has 0 saturated heterocycles. The molecular weight excluding hydrogens is 236 g/mol. The lowest BCUT2D eigenvalue weighted by molar-refractivity contribution is 0.361. The van der Waals surface area contributed by atoms with Crippen LogP contribution in [-0.2, 0) is 6.42 Å². The average Bonchev–Trinajstić information content (AvgIpc) is 2.85. The third-order valence-corrected chi connectivity index (χ3v) is 4.24. The second-order valence-corrected chi connectivity index (χ2v) is 5.94. The van der Waals surface area contributed by atoms with Gasteiger partial charge in [-0.2, -0.15) is 0 Å². The molecule has 106 valence electrons. The van der Waals surface area contributed by atoms with Gasteiger partial charge in [0, 0.05) is 25.6 Å². The Morgan fingerprint density at radius 3 is 2.37 bits per heavy atom. The summed E-state index contributed by atoms with van der Waals surface area (Å²) in [5.41, 5.74) is 1.55. The normalized spacial score (nSPS) is 17.5. The van der Waals surface area contributed by atoms with Crippen LogP contribution < -0.4 is 10.6 Å². The highest BCUT2D eigenvalue weighted by Gasteiger charge is 2.28. The van der Waals surface area contributed by atoms with Crippen LogP contribution in [0.4, 0.5) is 11.6 Å². The zero-order valence-electron chi connectivity index (χ0n) is 12.6. The van der Waals surface area contributed by atoms with Gasteiger partial charge in [0.25, 0.3) is 0 Å². The first-order valence-electron chi connectivity index (χ1n) is 7.37. The largest absolute Gasteiger partial charge is 0.373 e. The predicted molar refractivity (Wildman–Crippen MR) is 80.8 cm³/mol. The van der Waals surface area contributed by atoms with Gasteiger partial charge >= 0.3 is 0 Å². The first-order valence-corrected chi connectivity index (χ1v) is 7.37. The van der Waals surface area contributed by atoms with Gasteiger partial charge in [0.05, 0.1) is 0 Å². The van der Waals surface area contributed by atoms with Gasteiger partial charge < -0.3 is 10.6 Å². The highest BCUT2D eigenvalue weighted by molar-refractivity contribution is 5.57. The average molecular weight is 262 g/mol. The Kier molecular flexibility index (Phi) is 4.27. The van der Waals surface area contributed by atoms with E-state index in [9.17, 15) is 0 Å². The van der Waals surface area contributed by atoms with E-state index in [1.807, 2.05) is 7.05 Å². The zero-order chi connectivity index (χ0) is 13.9. The molecule has 0 atom stereocenters. The molecule has 1 aromatic rings. The van der Waals surface area contributed by atoms with E-state index in [2.05, 4.69) is 41.4 Å². The Bertz CT molecular complexity index is 436. The Hall–Kier alpha value is -1.32. The second kappa shape index (κ2) is 5.76. The molecule has 4 heteroatoms. The summed E-state index contributed by atoms with van der Waals surface area (Å²) >= 11 is 0. The monoisotopic (exact) mass is 262 g/mol. The molecular formula is C15H26N4. The summed E-state index contributed by atoms with van der Waals surface area (Å²) in [7, 11) is 1.91. The van der Waals surface area contributed by atoms with E-state index in [-0.39, 0.29) is 0 Å². The van der Waals surface area contributed by atoms with Gasteiger partial charge in [-0.05, 0) is 25.2 Å². The number of nitrogens with one attached hydrogen (secondary N) is 2. The van der Waals surface area contributed by atoms with Crippen molar-refractivity contribution in [2.75, 3.05) is 24.2 Å². The minimum absolute atomic E-state index is 0.434. The second-order valence-electron chi connectivity index (χ2n) is 5.94. The van der Waals surface area contributed by atoms with E-state index in [0.717, 1.165) is 36.0 Å². The van der Waals surface area contributed by atoms with E-state index in [1.54, 1.807) is 0 Å². The van der Waals surface area contributed by atoms with Crippen molar-refractivity contribution in [3.8, 4) is 0 Å². The number of aromatic nitrogens is 2. The van der Waals surface area contributed by atoms with E-state index < -0.39 is 0 Å². The Labute approximate surface area is 116 Å². The van der Waals surface area contributed by atoms with Crippen LogP contribution in [0.25, 0.3) is 0 Å². The molecule has 0 unspecified atom stereocenters. The van der Waals surface area contributed by atoms with Gasteiger partial charge in [0.1, 0.15) is 17.5 Å². The minimum Gasteiger partial charge on any atom is -0.373 e. The van der Waals surface area contributed by atoms with Gasteiger partial charge in [0.15, 0.2) is 0 Å². The van der Waals surface area contributed by atoms with Crippen molar-refractivity contribution in [1.82, 2.24) is 9.97 Å². The Balaban J connectivity index is 2.14. The fourth-order valence-corrected chi connectivity index (χ4v) is 2.84. The van der Waals surface area contributed by atoms with Crippen molar-refractivity contribution in [2.24, 2.45) is 5.41 Å². The molecule has 1 heterocycles. The molecule has 0 bridgehead atoms. The summed E-state index contributed by atoms with van der Waals surface area (Å²) in [6.45, 7) is 7.55. The molecule has 19 heavy (non-hydrogen) atoms. The quantitative estimate of drug-likeness (QED) is 0.854. The fraction of sp³-hybridized carbons (Fsp3) is 0.733. The number of hydrogen-bond donors (Lipinski definition) is 2. The van der Waals surface area contributed by atoms with Crippen LogP contribution in [0.3, 0.4) is 0 Å². The predicted octanol–water partition coefficient (Wildman–Crippen LogP) is 3.38. The molecule has 0 spiro atoms. The molecule has 0 aliphatic heterocycles. The SMILES string of the molecule is CCc1nc(NC)c(C)c(NCC2(C)CCCC2)n1. The Morgan fingerprint density at radius 1 is 1.16 bits per heavy atom. The lowest BCUT2D eigenvalue weighted by Gasteiger charge is -2.25. The maximum atomic E-state index is 4.63. The van der Waals surface area contributed by atoms with E-state index in [0.29, 0.717) is 5.41 Å². The molecule has 1 aliphatic carbocycles. The summed E-state index contributed by atoms with van der Waals surface area (Å²) in [6.07, 6.45) is 6.24. The van der Waals surface area contributed by atoms with Crippen molar-refractivity contribution < 1.29 is 0 Å². The van der Waals surface area contributed by atoms with Crippen LogP contribution in [0.5, 0.6) is 0 Å². The van der Waals surface area contributed by atoms with Gasteiger partial charge in [-0.1, -0.05) is 26.7 Å². The third-order valence-electron chi connectivity index (χ3n) is 4.24. The number of nitrogens with zero attached hydrogens (tertiary/aromatic N) is 2. The highest BCUT2D eigenvalue weighted by Crippen LogP contribution is 2.37. The molecule has 0 radical (unpaired) electrons. The summed E-state index contributed by atoms with van der Waals surface area (Å²) in [4.78, 5) is 9.13. The van der Waals surface area contributed by atoms with Crippen LogP contribution in [-0.4, -0.2) is 23.6 Å². The molecule has 0 aromatic carbocycles. The third kappa shape index (κ3) is 3.17. The van der Waals surface area contributed by atoms with Crippen LogP contribution in [0.1, 0.15) is 50.9 Å². The van der Waals surface area contributed by atoms with Crippen molar-refractivity contribution in [3.05, 3.63) is 11.4 Å². The Morgan fingerprint density at radius 2 is 1.79 bits per heavy atom. The van der Waals surface area contributed by atoms with Crippen molar-refractivity contribution in [1.29, 1.82) is 0 Å². The molecule has 1 aliphatic rings. The van der Waals surface area contributed by atoms with Crippen LogP contribution >= 0.6 is 0 Å². The fourth-order valence-electron chi connectivity index (χ4n) is 2.84. The zero-order valence-corrected chi connectivity index (χ0v) is 12.6. The summed E-state index contributed by atoms with van der Waals surface area (Å²) in [6, 6.07) is 0. The summed E-state index contributed by atoms with van der Waals surface area (Å²) < 4.78 is 0.